The van der Waals surface area contributed by atoms with Crippen molar-refractivity contribution < 1.29 is 19.1 Å². The van der Waals surface area contributed by atoms with Gasteiger partial charge in [-0.3, -0.25) is 9.59 Å². The summed E-state index contributed by atoms with van der Waals surface area (Å²) in [6, 6.07) is 16.9. The van der Waals surface area contributed by atoms with E-state index >= 15 is 0 Å². The Bertz CT molecular complexity index is 957. The third kappa shape index (κ3) is 3.86. The molecule has 0 spiro atoms. The van der Waals surface area contributed by atoms with Gasteiger partial charge >= 0.3 is 0 Å². The summed E-state index contributed by atoms with van der Waals surface area (Å²) in [5.74, 6) is 0.347. The zero-order chi connectivity index (χ0) is 20.1. The van der Waals surface area contributed by atoms with Crippen LogP contribution in [0, 0.1) is 6.92 Å². The minimum atomic E-state index is -0.492. The van der Waals surface area contributed by atoms with E-state index in [2.05, 4.69) is 4.98 Å². The molecule has 3 aromatic rings. The SMILES string of the molecule is COc1cccc(C(=O)N(C(=O)c2cccc(OC)c2)c2ncccc2C)c1. The first-order valence-corrected chi connectivity index (χ1v) is 8.63. The number of hydrogen-bond donors (Lipinski definition) is 0. The van der Waals surface area contributed by atoms with Crippen LogP contribution in [0.5, 0.6) is 11.5 Å². The fraction of sp³-hybridized carbons (Fsp3) is 0.136. The number of benzene rings is 2. The molecule has 1 heterocycles. The Kier molecular flexibility index (Phi) is 5.69. The molecule has 0 saturated heterocycles. The number of amides is 2. The molecule has 0 aliphatic heterocycles. The molecule has 0 atom stereocenters. The normalized spacial score (nSPS) is 10.2. The number of hydrogen-bond acceptors (Lipinski definition) is 5. The van der Waals surface area contributed by atoms with E-state index in [-0.39, 0.29) is 5.82 Å². The second-order valence-electron chi connectivity index (χ2n) is 6.05. The molecule has 6 nitrogen and oxygen atoms in total. The third-order valence-electron chi connectivity index (χ3n) is 4.23. The highest BCUT2D eigenvalue weighted by molar-refractivity contribution is 6.25. The number of aromatic nitrogens is 1. The average Bonchev–Trinajstić information content (AvgIpc) is 2.75. The summed E-state index contributed by atoms with van der Waals surface area (Å²) >= 11 is 0. The fourth-order valence-corrected chi connectivity index (χ4v) is 2.77. The first-order chi connectivity index (χ1) is 13.5. The molecule has 6 heteroatoms. The van der Waals surface area contributed by atoms with E-state index in [4.69, 9.17) is 9.47 Å². The summed E-state index contributed by atoms with van der Waals surface area (Å²) < 4.78 is 10.4. The number of carbonyl (C=O) groups excluding carboxylic acids is 2. The molecule has 0 saturated carbocycles. The fourth-order valence-electron chi connectivity index (χ4n) is 2.77. The Balaban J connectivity index is 2.10. The number of aryl methyl sites for hydroxylation is 1. The van der Waals surface area contributed by atoms with Gasteiger partial charge < -0.3 is 9.47 Å². The quantitative estimate of drug-likeness (QED) is 0.632. The first-order valence-electron chi connectivity index (χ1n) is 8.63. The van der Waals surface area contributed by atoms with Crippen LogP contribution in [0.15, 0.2) is 66.9 Å². The number of anilines is 1. The average molecular weight is 376 g/mol. The van der Waals surface area contributed by atoms with Gasteiger partial charge in [-0.25, -0.2) is 9.88 Å². The van der Waals surface area contributed by atoms with E-state index in [0.29, 0.717) is 28.2 Å². The Labute approximate surface area is 163 Å². The lowest BCUT2D eigenvalue weighted by Gasteiger charge is -2.22. The topological polar surface area (TPSA) is 68.7 Å². The highest BCUT2D eigenvalue weighted by Crippen LogP contribution is 2.24. The predicted octanol–water partition coefficient (Wildman–Crippen LogP) is 3.89. The van der Waals surface area contributed by atoms with Crippen LogP contribution in [0.25, 0.3) is 0 Å². The number of imide groups is 1. The lowest BCUT2D eigenvalue weighted by atomic mass is 10.1. The molecule has 0 aliphatic rings. The van der Waals surface area contributed by atoms with Crippen LogP contribution >= 0.6 is 0 Å². The van der Waals surface area contributed by atoms with E-state index in [1.807, 2.05) is 0 Å². The summed E-state index contributed by atoms with van der Waals surface area (Å²) in [6.45, 7) is 1.80. The molecule has 1 aromatic heterocycles. The van der Waals surface area contributed by atoms with Crippen molar-refractivity contribution in [3.05, 3.63) is 83.6 Å². The molecular weight excluding hydrogens is 356 g/mol. The molecular formula is C22H20N2O4. The van der Waals surface area contributed by atoms with Crippen LogP contribution in [-0.4, -0.2) is 31.0 Å². The van der Waals surface area contributed by atoms with Crippen molar-refractivity contribution in [3.8, 4) is 11.5 Å². The minimum absolute atomic E-state index is 0.281. The van der Waals surface area contributed by atoms with Gasteiger partial charge in [0, 0.05) is 17.3 Å². The molecule has 3 rings (SSSR count). The molecule has 0 radical (unpaired) electrons. The van der Waals surface area contributed by atoms with Crippen LogP contribution in [-0.2, 0) is 0 Å². The largest absolute Gasteiger partial charge is 0.497 e. The van der Waals surface area contributed by atoms with E-state index in [1.165, 1.54) is 14.2 Å². The van der Waals surface area contributed by atoms with Crippen LogP contribution in [0.3, 0.4) is 0 Å². The van der Waals surface area contributed by atoms with E-state index in [1.54, 1.807) is 73.8 Å². The predicted molar refractivity (Wildman–Crippen MR) is 106 cm³/mol. The van der Waals surface area contributed by atoms with Crippen molar-refractivity contribution in [1.82, 2.24) is 4.98 Å². The molecule has 0 aliphatic carbocycles. The highest BCUT2D eigenvalue weighted by Gasteiger charge is 2.28. The van der Waals surface area contributed by atoms with Gasteiger partial charge in [0.15, 0.2) is 0 Å². The van der Waals surface area contributed by atoms with Crippen LogP contribution in [0.4, 0.5) is 5.82 Å². The van der Waals surface area contributed by atoms with Gasteiger partial charge in [-0.15, -0.1) is 0 Å². The number of nitrogens with zero attached hydrogens (tertiary/aromatic N) is 2. The number of pyridine rings is 1. The van der Waals surface area contributed by atoms with Crippen molar-refractivity contribution in [2.45, 2.75) is 6.92 Å². The Morgan fingerprint density at radius 1 is 0.821 bits per heavy atom. The van der Waals surface area contributed by atoms with Crippen LogP contribution in [0.1, 0.15) is 26.3 Å². The van der Waals surface area contributed by atoms with Crippen molar-refractivity contribution >= 4 is 17.6 Å². The maximum atomic E-state index is 13.3. The zero-order valence-electron chi connectivity index (χ0n) is 15.9. The van der Waals surface area contributed by atoms with Gasteiger partial charge in [0.2, 0.25) is 0 Å². The summed E-state index contributed by atoms with van der Waals surface area (Å²) in [5.41, 5.74) is 1.34. The van der Waals surface area contributed by atoms with E-state index in [0.717, 1.165) is 4.90 Å². The second kappa shape index (κ2) is 8.35. The molecule has 0 fully saturated rings. The summed E-state index contributed by atoms with van der Waals surface area (Å²) in [4.78, 5) is 32.0. The first kappa shape index (κ1) is 19.1. The summed E-state index contributed by atoms with van der Waals surface area (Å²) in [5, 5.41) is 0. The lowest BCUT2D eigenvalue weighted by Crippen LogP contribution is -2.38. The Morgan fingerprint density at radius 3 is 1.82 bits per heavy atom. The Hall–Kier alpha value is -3.67. The van der Waals surface area contributed by atoms with Gasteiger partial charge in [-0.05, 0) is 55.0 Å². The van der Waals surface area contributed by atoms with Crippen molar-refractivity contribution in [3.63, 3.8) is 0 Å². The minimum Gasteiger partial charge on any atom is -0.497 e. The number of methoxy groups -OCH3 is 2. The smallest absolute Gasteiger partial charge is 0.266 e. The van der Waals surface area contributed by atoms with Crippen LogP contribution in [0.2, 0.25) is 0 Å². The van der Waals surface area contributed by atoms with E-state index in [9.17, 15) is 9.59 Å². The van der Waals surface area contributed by atoms with Gasteiger partial charge in [-0.2, -0.15) is 0 Å². The van der Waals surface area contributed by atoms with E-state index < -0.39 is 11.8 Å². The molecule has 142 valence electrons. The van der Waals surface area contributed by atoms with Gasteiger partial charge in [0.25, 0.3) is 11.8 Å². The number of carbonyl (C=O) groups is 2. The third-order valence-corrected chi connectivity index (χ3v) is 4.23. The lowest BCUT2D eigenvalue weighted by molar-refractivity contribution is 0.0895. The van der Waals surface area contributed by atoms with Crippen molar-refractivity contribution in [2.75, 3.05) is 19.1 Å². The monoisotopic (exact) mass is 376 g/mol. The Morgan fingerprint density at radius 2 is 1.36 bits per heavy atom. The zero-order valence-corrected chi connectivity index (χ0v) is 15.9. The van der Waals surface area contributed by atoms with Crippen molar-refractivity contribution in [2.24, 2.45) is 0 Å². The standard InChI is InChI=1S/C22H20N2O4/c1-15-7-6-12-23-20(15)24(21(25)16-8-4-10-18(13-16)27-2)22(26)17-9-5-11-19(14-17)28-3/h4-14H,1-3H3. The van der Waals surface area contributed by atoms with Crippen LogP contribution < -0.4 is 14.4 Å². The molecule has 0 N–H and O–H groups in total. The van der Waals surface area contributed by atoms with Crippen molar-refractivity contribution in [1.29, 1.82) is 0 Å². The maximum Gasteiger partial charge on any atom is 0.266 e. The maximum absolute atomic E-state index is 13.3. The highest BCUT2D eigenvalue weighted by atomic mass is 16.5. The molecule has 28 heavy (non-hydrogen) atoms. The second-order valence-corrected chi connectivity index (χ2v) is 6.05. The summed E-state index contributed by atoms with van der Waals surface area (Å²) in [6.07, 6.45) is 1.55. The van der Waals surface area contributed by atoms with Gasteiger partial charge in [0.1, 0.15) is 17.3 Å². The molecule has 2 aromatic carbocycles. The van der Waals surface area contributed by atoms with Gasteiger partial charge in [-0.1, -0.05) is 18.2 Å². The molecule has 0 unspecified atom stereocenters. The molecule has 2 amide bonds. The number of ether oxygens (including phenoxy) is 2. The van der Waals surface area contributed by atoms with Gasteiger partial charge in [0.05, 0.1) is 14.2 Å². The molecule has 0 bridgehead atoms. The number of rotatable bonds is 5. The summed E-state index contributed by atoms with van der Waals surface area (Å²) in [7, 11) is 3.04.